The highest BCUT2D eigenvalue weighted by Gasteiger charge is 2.23. The van der Waals surface area contributed by atoms with E-state index in [1.165, 1.54) is 16.3 Å². The summed E-state index contributed by atoms with van der Waals surface area (Å²) in [4.78, 5) is 17.6. The van der Waals surface area contributed by atoms with E-state index in [1.807, 2.05) is 0 Å². The Labute approximate surface area is 177 Å². The van der Waals surface area contributed by atoms with Gasteiger partial charge in [0.15, 0.2) is 0 Å². The third-order valence-corrected chi connectivity index (χ3v) is 5.67. The lowest BCUT2D eigenvalue weighted by molar-refractivity contribution is -0.120. The van der Waals surface area contributed by atoms with Crippen LogP contribution in [-0.2, 0) is 25.7 Å². The van der Waals surface area contributed by atoms with Crippen LogP contribution >= 0.6 is 0 Å². The normalized spacial score (nSPS) is 20.9. The van der Waals surface area contributed by atoms with E-state index in [0.29, 0.717) is 32.1 Å². The third kappa shape index (κ3) is 6.03. The number of benzene rings is 2. The number of nitrogens with zero attached hydrogens (tertiary/aromatic N) is 1. The number of ether oxygens (including phenoxy) is 2. The number of carbonyl (C=O) groups excluding carboxylic acids is 1. The van der Waals surface area contributed by atoms with E-state index < -0.39 is 0 Å². The number of nitrogens with one attached hydrogen (secondary N) is 1. The SMILES string of the molecule is O=C(CC1=NOC(CCCOCc2ccc3ccccc3c2)C1)NCC1CCOC1. The van der Waals surface area contributed by atoms with Crippen molar-refractivity contribution in [3.63, 3.8) is 0 Å². The van der Waals surface area contributed by atoms with Gasteiger partial charge >= 0.3 is 0 Å². The van der Waals surface area contributed by atoms with Crippen molar-refractivity contribution < 1.29 is 19.1 Å². The van der Waals surface area contributed by atoms with Gasteiger partial charge in [-0.3, -0.25) is 4.79 Å². The van der Waals surface area contributed by atoms with E-state index in [2.05, 4.69) is 52.9 Å². The summed E-state index contributed by atoms with van der Waals surface area (Å²) in [6, 6.07) is 14.8. The van der Waals surface area contributed by atoms with Crippen LogP contribution in [0.3, 0.4) is 0 Å². The average Bonchev–Trinajstić information content (AvgIpc) is 3.44. The first kappa shape index (κ1) is 20.8. The van der Waals surface area contributed by atoms with E-state index in [4.69, 9.17) is 14.3 Å². The molecule has 6 heteroatoms. The van der Waals surface area contributed by atoms with Crippen molar-refractivity contribution in [1.82, 2.24) is 5.32 Å². The van der Waals surface area contributed by atoms with E-state index in [9.17, 15) is 4.79 Å². The molecular formula is C24H30N2O4. The molecule has 2 aromatic rings. The van der Waals surface area contributed by atoms with E-state index in [-0.39, 0.29) is 12.0 Å². The van der Waals surface area contributed by atoms with Gasteiger partial charge in [0, 0.05) is 32.1 Å². The summed E-state index contributed by atoms with van der Waals surface area (Å²) in [5, 5.41) is 9.57. The predicted octanol–water partition coefficient (Wildman–Crippen LogP) is 3.82. The first-order valence-electron chi connectivity index (χ1n) is 10.9. The van der Waals surface area contributed by atoms with Gasteiger partial charge in [0.2, 0.25) is 5.91 Å². The Kier molecular flexibility index (Phi) is 7.32. The maximum atomic E-state index is 12.1. The number of oxime groups is 1. The van der Waals surface area contributed by atoms with Crippen LogP contribution in [0.1, 0.15) is 37.7 Å². The topological polar surface area (TPSA) is 69.2 Å². The molecule has 6 nitrogen and oxygen atoms in total. The van der Waals surface area contributed by atoms with Crippen LogP contribution in [0.15, 0.2) is 47.6 Å². The standard InChI is InChI=1S/C24H30N2O4/c27-24(25-15-19-9-11-29-17-19)14-22-13-23(30-26-22)6-3-10-28-16-18-7-8-20-4-1-2-5-21(20)12-18/h1-2,4-5,7-8,12,19,23H,3,6,9-11,13-17H2,(H,25,27). The maximum absolute atomic E-state index is 12.1. The average molecular weight is 411 g/mol. The van der Waals surface area contributed by atoms with Crippen molar-refractivity contribution in [2.75, 3.05) is 26.4 Å². The number of hydrogen-bond donors (Lipinski definition) is 1. The summed E-state index contributed by atoms with van der Waals surface area (Å²) in [5.74, 6) is 0.460. The number of hydrogen-bond acceptors (Lipinski definition) is 5. The van der Waals surface area contributed by atoms with Gasteiger partial charge < -0.3 is 19.6 Å². The molecule has 0 aromatic heterocycles. The molecule has 1 amide bonds. The van der Waals surface area contributed by atoms with E-state index in [0.717, 1.165) is 44.6 Å². The first-order chi connectivity index (χ1) is 14.8. The van der Waals surface area contributed by atoms with Crippen LogP contribution in [0, 0.1) is 5.92 Å². The molecule has 0 bridgehead atoms. The Morgan fingerprint density at radius 2 is 2.10 bits per heavy atom. The van der Waals surface area contributed by atoms with Gasteiger partial charge in [-0.25, -0.2) is 0 Å². The van der Waals surface area contributed by atoms with Crippen molar-refractivity contribution in [1.29, 1.82) is 0 Å². The second kappa shape index (κ2) is 10.5. The Balaban J connectivity index is 1.08. The molecule has 1 saturated heterocycles. The molecule has 1 N–H and O–H groups in total. The highest BCUT2D eigenvalue weighted by Crippen LogP contribution is 2.19. The van der Waals surface area contributed by atoms with Gasteiger partial charge in [-0.1, -0.05) is 41.6 Å². The highest BCUT2D eigenvalue weighted by atomic mass is 16.6. The molecule has 2 aliphatic rings. The van der Waals surface area contributed by atoms with Gasteiger partial charge in [-0.2, -0.15) is 0 Å². The Hall–Kier alpha value is -2.44. The van der Waals surface area contributed by atoms with Crippen LogP contribution in [0.4, 0.5) is 0 Å². The summed E-state index contributed by atoms with van der Waals surface area (Å²) >= 11 is 0. The molecule has 4 rings (SSSR count). The monoisotopic (exact) mass is 410 g/mol. The zero-order valence-corrected chi connectivity index (χ0v) is 17.3. The zero-order valence-electron chi connectivity index (χ0n) is 17.3. The highest BCUT2D eigenvalue weighted by molar-refractivity contribution is 6.01. The molecule has 2 unspecified atom stereocenters. The van der Waals surface area contributed by atoms with Crippen molar-refractivity contribution in [2.24, 2.45) is 11.1 Å². The van der Waals surface area contributed by atoms with E-state index in [1.54, 1.807) is 0 Å². The fourth-order valence-corrected chi connectivity index (χ4v) is 3.93. The zero-order chi connectivity index (χ0) is 20.6. The lowest BCUT2D eigenvalue weighted by atomic mass is 10.1. The smallest absolute Gasteiger partial charge is 0.225 e. The number of rotatable bonds is 10. The van der Waals surface area contributed by atoms with Crippen LogP contribution in [0.2, 0.25) is 0 Å². The molecule has 160 valence electrons. The lowest BCUT2D eigenvalue weighted by Crippen LogP contribution is -2.30. The third-order valence-electron chi connectivity index (χ3n) is 5.67. The molecule has 1 fully saturated rings. The van der Waals surface area contributed by atoms with Gasteiger partial charge in [-0.15, -0.1) is 0 Å². The van der Waals surface area contributed by atoms with Gasteiger partial charge in [0.05, 0.1) is 25.3 Å². The van der Waals surface area contributed by atoms with Crippen LogP contribution < -0.4 is 5.32 Å². The van der Waals surface area contributed by atoms with Crippen molar-refractivity contribution in [3.8, 4) is 0 Å². The summed E-state index contributed by atoms with van der Waals surface area (Å²) in [5.41, 5.74) is 2.02. The van der Waals surface area contributed by atoms with E-state index >= 15 is 0 Å². The number of fused-ring (bicyclic) bond motifs is 1. The quantitative estimate of drug-likeness (QED) is 0.605. The summed E-state index contributed by atoms with van der Waals surface area (Å²) in [7, 11) is 0. The molecule has 2 atom stereocenters. The number of carbonyl (C=O) groups is 1. The van der Waals surface area contributed by atoms with Gasteiger partial charge in [0.25, 0.3) is 0 Å². The predicted molar refractivity (Wildman–Crippen MR) is 116 cm³/mol. The van der Waals surface area contributed by atoms with Crippen LogP contribution in [-0.4, -0.2) is 44.1 Å². The Morgan fingerprint density at radius 3 is 2.97 bits per heavy atom. The maximum Gasteiger partial charge on any atom is 0.225 e. The second-order valence-corrected chi connectivity index (χ2v) is 8.18. The van der Waals surface area contributed by atoms with Crippen LogP contribution in [0.25, 0.3) is 10.8 Å². The molecule has 2 aromatic carbocycles. The lowest BCUT2D eigenvalue weighted by Gasteiger charge is -2.10. The summed E-state index contributed by atoms with van der Waals surface area (Å²) < 4.78 is 11.2. The fourth-order valence-electron chi connectivity index (χ4n) is 3.93. The molecule has 2 heterocycles. The minimum absolute atomic E-state index is 0.0172. The molecule has 0 saturated carbocycles. The molecule has 0 spiro atoms. The summed E-state index contributed by atoms with van der Waals surface area (Å²) in [6.45, 7) is 3.53. The van der Waals surface area contributed by atoms with Crippen molar-refractivity contribution in [2.45, 2.75) is 44.8 Å². The Bertz CT molecular complexity index is 876. The fraction of sp³-hybridized carbons (Fsp3) is 0.500. The van der Waals surface area contributed by atoms with Crippen molar-refractivity contribution in [3.05, 3.63) is 48.0 Å². The largest absolute Gasteiger partial charge is 0.392 e. The minimum Gasteiger partial charge on any atom is -0.392 e. The molecule has 0 radical (unpaired) electrons. The molecule has 0 aliphatic carbocycles. The van der Waals surface area contributed by atoms with Gasteiger partial charge in [0.1, 0.15) is 6.10 Å². The Morgan fingerprint density at radius 1 is 1.20 bits per heavy atom. The number of amides is 1. The molecular weight excluding hydrogens is 380 g/mol. The minimum atomic E-state index is 0.0172. The van der Waals surface area contributed by atoms with Crippen molar-refractivity contribution >= 4 is 22.4 Å². The summed E-state index contributed by atoms with van der Waals surface area (Å²) in [6.07, 6.45) is 3.92. The molecule has 2 aliphatic heterocycles. The van der Waals surface area contributed by atoms with Gasteiger partial charge in [-0.05, 0) is 41.7 Å². The second-order valence-electron chi connectivity index (χ2n) is 8.18. The van der Waals surface area contributed by atoms with Crippen LogP contribution in [0.5, 0.6) is 0 Å². The molecule has 30 heavy (non-hydrogen) atoms. The first-order valence-corrected chi connectivity index (χ1v) is 10.9.